The summed E-state index contributed by atoms with van der Waals surface area (Å²) < 4.78 is 10.6. The second-order valence-electron chi connectivity index (χ2n) is 5.61. The molecule has 4 nitrogen and oxygen atoms in total. The smallest absolute Gasteiger partial charge is 0.379 e. The van der Waals surface area contributed by atoms with Crippen LogP contribution in [0.2, 0.25) is 0 Å². The van der Waals surface area contributed by atoms with Crippen molar-refractivity contribution in [3.63, 3.8) is 0 Å². The van der Waals surface area contributed by atoms with Gasteiger partial charge in [0.15, 0.2) is 0 Å². The maximum atomic E-state index is 12.2. The molecule has 0 aliphatic carbocycles. The van der Waals surface area contributed by atoms with Crippen LogP contribution in [0.3, 0.4) is 0 Å². The predicted octanol–water partition coefficient (Wildman–Crippen LogP) is 4.04. The molecule has 0 heterocycles. The number of benzene rings is 1. The first-order valence-corrected chi connectivity index (χ1v) is 7.91. The van der Waals surface area contributed by atoms with Crippen LogP contribution in [-0.4, -0.2) is 25.0 Å². The Bertz CT molecular complexity index is 532. The van der Waals surface area contributed by atoms with Crippen LogP contribution < -0.4 is 4.74 Å². The van der Waals surface area contributed by atoms with Crippen molar-refractivity contribution in [1.82, 2.24) is 0 Å². The quantitative estimate of drug-likeness (QED) is 0.315. The van der Waals surface area contributed by atoms with Gasteiger partial charge in [0.2, 0.25) is 0 Å². The van der Waals surface area contributed by atoms with Gasteiger partial charge in [-0.2, -0.15) is 0 Å². The number of esters is 1. The normalized spacial score (nSPS) is 10.6. The molecular weight excluding hydrogens is 280 g/mol. The first-order chi connectivity index (χ1) is 10.4. The summed E-state index contributed by atoms with van der Waals surface area (Å²) >= 11 is 0. The fourth-order valence-electron chi connectivity index (χ4n) is 2.15. The first kappa shape index (κ1) is 18.2. The molecule has 0 saturated heterocycles. The van der Waals surface area contributed by atoms with Gasteiger partial charge in [0, 0.05) is 5.56 Å². The zero-order valence-electron chi connectivity index (χ0n) is 14.2. The molecule has 0 radical (unpaired) electrons. The molecule has 0 N–H and O–H groups in total. The van der Waals surface area contributed by atoms with E-state index in [0.29, 0.717) is 12.2 Å². The van der Waals surface area contributed by atoms with E-state index in [1.807, 2.05) is 26.8 Å². The lowest BCUT2D eigenvalue weighted by molar-refractivity contribution is -0.137. The van der Waals surface area contributed by atoms with Crippen LogP contribution in [0.25, 0.3) is 0 Å². The fourth-order valence-corrected chi connectivity index (χ4v) is 2.15. The summed E-state index contributed by atoms with van der Waals surface area (Å²) in [7, 11) is 0. The molecule has 0 fully saturated rings. The van der Waals surface area contributed by atoms with Crippen molar-refractivity contribution in [3.8, 4) is 5.75 Å². The monoisotopic (exact) mass is 306 g/mol. The second kappa shape index (κ2) is 8.57. The minimum atomic E-state index is -0.806. The van der Waals surface area contributed by atoms with E-state index < -0.39 is 11.8 Å². The zero-order valence-corrected chi connectivity index (χ0v) is 14.2. The van der Waals surface area contributed by atoms with Crippen LogP contribution in [0.4, 0.5) is 0 Å². The van der Waals surface area contributed by atoms with Gasteiger partial charge in [-0.05, 0) is 49.4 Å². The van der Waals surface area contributed by atoms with Crippen LogP contribution in [0.5, 0.6) is 5.75 Å². The Morgan fingerprint density at radius 3 is 2.41 bits per heavy atom. The Labute approximate surface area is 132 Å². The standard InChI is InChI=1S/C18H26O4/c1-6-8-9-22-16-10-13(5)15(11-14(16)12(3)4)17(19)18(20)21-7-2/h10-12H,6-9H2,1-5H3. The topological polar surface area (TPSA) is 52.6 Å². The lowest BCUT2D eigenvalue weighted by Gasteiger charge is -2.17. The van der Waals surface area contributed by atoms with E-state index in [4.69, 9.17) is 9.47 Å². The molecule has 4 heteroatoms. The van der Waals surface area contributed by atoms with Gasteiger partial charge in [0.1, 0.15) is 5.75 Å². The molecular formula is C18H26O4. The highest BCUT2D eigenvalue weighted by Gasteiger charge is 2.22. The van der Waals surface area contributed by atoms with Crippen LogP contribution >= 0.6 is 0 Å². The highest BCUT2D eigenvalue weighted by molar-refractivity contribution is 6.41. The predicted molar refractivity (Wildman–Crippen MR) is 86.6 cm³/mol. The Hall–Kier alpha value is -1.84. The lowest BCUT2D eigenvalue weighted by atomic mass is 9.94. The highest BCUT2D eigenvalue weighted by Crippen LogP contribution is 2.30. The molecule has 0 amide bonds. The summed E-state index contributed by atoms with van der Waals surface area (Å²) in [4.78, 5) is 23.9. The second-order valence-corrected chi connectivity index (χ2v) is 5.61. The third kappa shape index (κ3) is 4.58. The van der Waals surface area contributed by atoms with Crippen molar-refractivity contribution in [3.05, 3.63) is 28.8 Å². The molecule has 0 bridgehead atoms. The van der Waals surface area contributed by atoms with Gasteiger partial charge in [-0.25, -0.2) is 4.79 Å². The third-order valence-corrected chi connectivity index (χ3v) is 3.44. The van der Waals surface area contributed by atoms with Gasteiger partial charge >= 0.3 is 5.97 Å². The molecule has 0 aromatic heterocycles. The van der Waals surface area contributed by atoms with Crippen LogP contribution in [-0.2, 0) is 9.53 Å². The van der Waals surface area contributed by atoms with Crippen LogP contribution in [0.1, 0.15) is 67.9 Å². The lowest BCUT2D eigenvalue weighted by Crippen LogP contribution is -2.19. The zero-order chi connectivity index (χ0) is 16.7. The van der Waals surface area contributed by atoms with E-state index >= 15 is 0 Å². The molecule has 122 valence electrons. The summed E-state index contributed by atoms with van der Waals surface area (Å²) in [6.07, 6.45) is 2.05. The number of ketones is 1. The van der Waals surface area contributed by atoms with Gasteiger partial charge < -0.3 is 9.47 Å². The van der Waals surface area contributed by atoms with Gasteiger partial charge in [-0.15, -0.1) is 0 Å². The van der Waals surface area contributed by atoms with E-state index in [0.717, 1.165) is 29.7 Å². The number of rotatable bonds is 8. The Kier molecular flexibility index (Phi) is 7.09. The van der Waals surface area contributed by atoms with Crippen molar-refractivity contribution in [1.29, 1.82) is 0 Å². The molecule has 1 aromatic rings. The summed E-state index contributed by atoms with van der Waals surface area (Å²) in [5.74, 6) is -0.409. The number of unbranched alkanes of at least 4 members (excludes halogenated alkanes) is 1. The van der Waals surface area contributed by atoms with E-state index in [2.05, 4.69) is 6.92 Å². The highest BCUT2D eigenvalue weighted by atomic mass is 16.5. The Balaban J connectivity index is 3.13. The SMILES string of the molecule is CCCCOc1cc(C)c(C(=O)C(=O)OCC)cc1C(C)C. The summed E-state index contributed by atoms with van der Waals surface area (Å²) in [5, 5.41) is 0. The molecule has 0 spiro atoms. The number of aryl methyl sites for hydroxylation is 1. The number of carbonyl (C=O) groups excluding carboxylic acids is 2. The number of hydrogen-bond donors (Lipinski definition) is 0. The minimum absolute atomic E-state index is 0.193. The molecule has 0 saturated carbocycles. The largest absolute Gasteiger partial charge is 0.493 e. The molecule has 0 unspecified atom stereocenters. The summed E-state index contributed by atoms with van der Waals surface area (Å²) in [6, 6.07) is 3.61. The Morgan fingerprint density at radius 1 is 1.18 bits per heavy atom. The fraction of sp³-hybridized carbons (Fsp3) is 0.556. The van der Waals surface area contributed by atoms with Crippen molar-refractivity contribution < 1.29 is 19.1 Å². The van der Waals surface area contributed by atoms with Gasteiger partial charge in [0.25, 0.3) is 5.78 Å². The molecule has 1 aromatic carbocycles. The molecule has 0 aliphatic rings. The molecule has 0 atom stereocenters. The van der Waals surface area contributed by atoms with Gasteiger partial charge in [-0.1, -0.05) is 27.2 Å². The van der Waals surface area contributed by atoms with Gasteiger partial charge in [-0.3, -0.25) is 4.79 Å². The van der Waals surface area contributed by atoms with E-state index in [1.165, 1.54) is 0 Å². The summed E-state index contributed by atoms with van der Waals surface area (Å²) in [5.41, 5.74) is 2.06. The molecule has 22 heavy (non-hydrogen) atoms. The average molecular weight is 306 g/mol. The van der Waals surface area contributed by atoms with Gasteiger partial charge in [0.05, 0.1) is 13.2 Å². The number of Topliss-reactive ketones (excluding diaryl/α,β-unsaturated/α-hetero) is 1. The maximum Gasteiger partial charge on any atom is 0.379 e. The maximum absolute atomic E-state index is 12.2. The van der Waals surface area contributed by atoms with Crippen molar-refractivity contribution in [2.45, 2.75) is 53.4 Å². The van der Waals surface area contributed by atoms with Crippen molar-refractivity contribution >= 4 is 11.8 Å². The minimum Gasteiger partial charge on any atom is -0.493 e. The number of carbonyl (C=O) groups is 2. The number of ether oxygens (including phenoxy) is 2. The average Bonchev–Trinajstić information content (AvgIpc) is 2.47. The van der Waals surface area contributed by atoms with Crippen molar-refractivity contribution in [2.75, 3.05) is 13.2 Å². The summed E-state index contributed by atoms with van der Waals surface area (Å²) in [6.45, 7) is 10.5. The van der Waals surface area contributed by atoms with Crippen molar-refractivity contribution in [2.24, 2.45) is 0 Å². The number of hydrogen-bond acceptors (Lipinski definition) is 4. The first-order valence-electron chi connectivity index (χ1n) is 7.91. The third-order valence-electron chi connectivity index (χ3n) is 3.44. The Morgan fingerprint density at radius 2 is 1.86 bits per heavy atom. The van der Waals surface area contributed by atoms with E-state index in [-0.39, 0.29) is 12.5 Å². The van der Waals surface area contributed by atoms with E-state index in [1.54, 1.807) is 13.0 Å². The molecule has 1 rings (SSSR count). The van der Waals surface area contributed by atoms with Crippen LogP contribution in [0.15, 0.2) is 12.1 Å². The molecule has 0 aliphatic heterocycles. The van der Waals surface area contributed by atoms with Crippen LogP contribution in [0, 0.1) is 6.92 Å². The van der Waals surface area contributed by atoms with E-state index in [9.17, 15) is 9.59 Å².